The summed E-state index contributed by atoms with van der Waals surface area (Å²) in [5.74, 6) is -3.29. The number of ether oxygens (including phenoxy) is 3. The summed E-state index contributed by atoms with van der Waals surface area (Å²) in [5, 5.41) is 12.4. The van der Waals surface area contributed by atoms with E-state index in [0.717, 1.165) is 6.20 Å². The maximum Gasteiger partial charge on any atom is 0.337 e. The fourth-order valence-corrected chi connectivity index (χ4v) is 2.84. The Kier molecular flexibility index (Phi) is 7.30. The number of primary amides is 1. The average molecular weight is 446 g/mol. The number of epoxide rings is 1. The molecule has 12 heteroatoms. The smallest absolute Gasteiger partial charge is 0.337 e. The number of amides is 2. The Morgan fingerprint density at radius 2 is 2.03 bits per heavy atom. The molecule has 1 aliphatic rings. The lowest BCUT2D eigenvalue weighted by Gasteiger charge is -2.19. The molecular weight excluding hydrogens is 424 g/mol. The second-order valence-corrected chi connectivity index (χ2v) is 6.76. The Hall–Kier alpha value is -3.61. The van der Waals surface area contributed by atoms with Crippen molar-refractivity contribution in [3.8, 4) is 0 Å². The summed E-state index contributed by atoms with van der Waals surface area (Å²) in [7, 11) is 0. The number of hydrogen-bond donors (Lipinski definition) is 4. The number of nitrogens with two attached hydrogens (primary N) is 1. The van der Waals surface area contributed by atoms with Crippen molar-refractivity contribution in [3.05, 3.63) is 63.8 Å². The molecule has 3 rings (SSSR count). The highest BCUT2D eigenvalue weighted by Crippen LogP contribution is 2.37. The van der Waals surface area contributed by atoms with Crippen LogP contribution in [-0.2, 0) is 19.0 Å². The van der Waals surface area contributed by atoms with Gasteiger partial charge in [-0.1, -0.05) is 30.3 Å². The summed E-state index contributed by atoms with van der Waals surface area (Å²) >= 11 is 0. The number of carbonyl (C=O) groups is 3. The summed E-state index contributed by atoms with van der Waals surface area (Å²) < 4.78 is 16.2. The minimum atomic E-state index is -1.70. The number of aliphatic hydroxyl groups excluding tert-OH is 1. The third kappa shape index (κ3) is 5.55. The van der Waals surface area contributed by atoms with Crippen molar-refractivity contribution in [1.29, 1.82) is 0 Å². The molecule has 1 fully saturated rings. The van der Waals surface area contributed by atoms with Crippen molar-refractivity contribution >= 4 is 17.8 Å². The summed E-state index contributed by atoms with van der Waals surface area (Å²) in [6.45, 7) is 1.71. The monoisotopic (exact) mass is 446 g/mol. The summed E-state index contributed by atoms with van der Waals surface area (Å²) in [6, 6.07) is 8.82. The molecule has 0 saturated carbocycles. The van der Waals surface area contributed by atoms with Crippen LogP contribution in [0.3, 0.4) is 0 Å². The third-order valence-electron chi connectivity index (χ3n) is 4.49. The highest BCUT2D eigenvalue weighted by atomic mass is 16.8. The van der Waals surface area contributed by atoms with Crippen LogP contribution in [0.2, 0.25) is 0 Å². The lowest BCUT2D eigenvalue weighted by atomic mass is 10.1. The Balaban J connectivity index is 1.59. The van der Waals surface area contributed by atoms with E-state index >= 15 is 0 Å². The van der Waals surface area contributed by atoms with E-state index in [0.29, 0.717) is 12.2 Å². The van der Waals surface area contributed by atoms with Gasteiger partial charge in [-0.05, 0) is 12.5 Å². The minimum absolute atomic E-state index is 0.412. The summed E-state index contributed by atoms with van der Waals surface area (Å²) in [6.07, 6.45) is -2.71. The average Bonchev–Trinajstić information content (AvgIpc) is 3.54. The fraction of sp³-hybridized carbons (Fsp3) is 0.350. The van der Waals surface area contributed by atoms with Gasteiger partial charge in [0.1, 0.15) is 5.56 Å². The van der Waals surface area contributed by atoms with E-state index in [1.807, 2.05) is 0 Å². The van der Waals surface area contributed by atoms with Crippen LogP contribution in [0.25, 0.3) is 0 Å². The van der Waals surface area contributed by atoms with E-state index in [9.17, 15) is 24.3 Å². The fourth-order valence-electron chi connectivity index (χ4n) is 2.84. The molecule has 0 aliphatic carbocycles. The van der Waals surface area contributed by atoms with Crippen molar-refractivity contribution in [3.63, 3.8) is 0 Å². The standard InChI is InChI=1S/C20H22N4O8/c1-2-30-20-14(32-20)13(10-6-4-3-5-7-10)31-19(29)12(25)9-23-18(28)16-22-8-11(15(21)26)17(27)24-16/h3-8,12-14,20,25H,2,9H2,1H3,(H2,21,26)(H,23,28)(H,22,24,27)/t12-,13?,14?,20?/m1/s1. The SMILES string of the molecule is CCOC1OC1C(OC(=O)[C@H](O)CNC(=O)c1ncc(C(N)=O)c(=O)[nH]1)c1ccccc1. The highest BCUT2D eigenvalue weighted by Gasteiger charge is 2.49. The van der Waals surface area contributed by atoms with E-state index in [2.05, 4.69) is 15.3 Å². The zero-order valence-corrected chi connectivity index (χ0v) is 17.0. The molecule has 0 spiro atoms. The van der Waals surface area contributed by atoms with E-state index in [4.69, 9.17) is 19.9 Å². The quantitative estimate of drug-likeness (QED) is 0.262. The number of carbonyl (C=O) groups excluding carboxylic acids is 3. The van der Waals surface area contributed by atoms with Crippen LogP contribution >= 0.6 is 0 Å². The first kappa shape index (κ1) is 23.1. The van der Waals surface area contributed by atoms with E-state index in [-0.39, 0.29) is 0 Å². The zero-order valence-electron chi connectivity index (χ0n) is 17.0. The van der Waals surface area contributed by atoms with Crippen molar-refractivity contribution in [1.82, 2.24) is 15.3 Å². The van der Waals surface area contributed by atoms with Crippen LogP contribution in [-0.4, -0.2) is 64.5 Å². The number of nitrogens with one attached hydrogen (secondary N) is 2. The van der Waals surface area contributed by atoms with Crippen molar-refractivity contribution < 1.29 is 33.7 Å². The van der Waals surface area contributed by atoms with Crippen LogP contribution in [0.4, 0.5) is 0 Å². The molecular formula is C20H22N4O8. The van der Waals surface area contributed by atoms with Crippen LogP contribution in [0.15, 0.2) is 41.3 Å². The van der Waals surface area contributed by atoms with Gasteiger partial charge in [0, 0.05) is 12.8 Å². The van der Waals surface area contributed by atoms with Crippen molar-refractivity contribution in [2.24, 2.45) is 5.73 Å². The number of benzene rings is 1. The van der Waals surface area contributed by atoms with Gasteiger partial charge in [0.05, 0.1) is 6.54 Å². The normalized spacial score (nSPS) is 18.9. The van der Waals surface area contributed by atoms with E-state index < -0.39 is 65.9 Å². The number of nitrogens with zero attached hydrogens (tertiary/aromatic N) is 1. The molecule has 1 aromatic heterocycles. The molecule has 2 amide bonds. The molecule has 4 atom stereocenters. The first-order valence-electron chi connectivity index (χ1n) is 9.69. The van der Waals surface area contributed by atoms with Gasteiger partial charge in [0.2, 0.25) is 0 Å². The predicted molar refractivity (Wildman–Crippen MR) is 107 cm³/mol. The molecule has 3 unspecified atom stereocenters. The molecule has 1 saturated heterocycles. The van der Waals surface area contributed by atoms with Crippen molar-refractivity contribution in [2.45, 2.75) is 31.5 Å². The Morgan fingerprint density at radius 3 is 2.66 bits per heavy atom. The molecule has 1 aliphatic heterocycles. The molecule has 2 heterocycles. The van der Waals surface area contributed by atoms with E-state index in [1.54, 1.807) is 37.3 Å². The van der Waals surface area contributed by atoms with Crippen LogP contribution in [0, 0.1) is 0 Å². The molecule has 2 aromatic rings. The number of rotatable bonds is 10. The number of aliphatic hydroxyl groups is 1. The second-order valence-electron chi connectivity index (χ2n) is 6.76. The molecule has 32 heavy (non-hydrogen) atoms. The third-order valence-corrected chi connectivity index (χ3v) is 4.49. The van der Waals surface area contributed by atoms with E-state index in [1.165, 1.54) is 0 Å². The number of aromatic nitrogens is 2. The lowest BCUT2D eigenvalue weighted by molar-refractivity contribution is -0.160. The molecule has 0 radical (unpaired) electrons. The van der Waals surface area contributed by atoms with Crippen LogP contribution in [0.1, 0.15) is 39.6 Å². The second kappa shape index (κ2) is 10.1. The number of esters is 1. The van der Waals surface area contributed by atoms with Gasteiger partial charge in [0.25, 0.3) is 17.4 Å². The van der Waals surface area contributed by atoms with Gasteiger partial charge in [-0.25, -0.2) is 9.78 Å². The Labute approximate surface area is 181 Å². The maximum absolute atomic E-state index is 12.4. The first-order valence-corrected chi connectivity index (χ1v) is 9.69. The van der Waals surface area contributed by atoms with Crippen molar-refractivity contribution in [2.75, 3.05) is 13.2 Å². The number of hydrogen-bond acceptors (Lipinski definition) is 9. The molecule has 170 valence electrons. The van der Waals surface area contributed by atoms with Gasteiger partial charge in [-0.15, -0.1) is 0 Å². The summed E-state index contributed by atoms with van der Waals surface area (Å²) in [4.78, 5) is 53.0. The largest absolute Gasteiger partial charge is 0.453 e. The first-order chi connectivity index (χ1) is 15.3. The van der Waals surface area contributed by atoms with Crippen LogP contribution < -0.4 is 16.6 Å². The summed E-state index contributed by atoms with van der Waals surface area (Å²) in [5.41, 5.74) is 4.35. The lowest BCUT2D eigenvalue weighted by Crippen LogP contribution is -2.39. The van der Waals surface area contributed by atoms with Gasteiger partial charge >= 0.3 is 5.97 Å². The van der Waals surface area contributed by atoms with Crippen LogP contribution in [0.5, 0.6) is 0 Å². The Bertz CT molecular complexity index is 1040. The zero-order chi connectivity index (χ0) is 23.3. The molecule has 1 aromatic carbocycles. The molecule has 5 N–H and O–H groups in total. The number of H-pyrrole nitrogens is 1. The van der Waals surface area contributed by atoms with Gasteiger partial charge in [-0.3, -0.25) is 14.4 Å². The molecule has 12 nitrogen and oxygen atoms in total. The number of aromatic amines is 1. The highest BCUT2D eigenvalue weighted by molar-refractivity contribution is 5.94. The van der Waals surface area contributed by atoms with Gasteiger partial charge in [-0.2, -0.15) is 0 Å². The van der Waals surface area contributed by atoms with Gasteiger partial charge < -0.3 is 35.4 Å². The Morgan fingerprint density at radius 1 is 1.31 bits per heavy atom. The maximum atomic E-state index is 12.4. The molecule has 0 bridgehead atoms. The van der Waals surface area contributed by atoms with Gasteiger partial charge in [0.15, 0.2) is 30.4 Å². The minimum Gasteiger partial charge on any atom is -0.453 e. The predicted octanol–water partition coefficient (Wildman–Crippen LogP) is -0.995. The topological polar surface area (TPSA) is 186 Å².